The lowest BCUT2D eigenvalue weighted by atomic mass is 9.92. The summed E-state index contributed by atoms with van der Waals surface area (Å²) in [6.07, 6.45) is 4.56. The van der Waals surface area contributed by atoms with Crippen LogP contribution in [0.2, 0.25) is 0 Å². The molecule has 1 saturated carbocycles. The van der Waals surface area contributed by atoms with E-state index in [1.807, 2.05) is 43.3 Å². The molecule has 1 aliphatic rings. The van der Waals surface area contributed by atoms with Crippen molar-refractivity contribution in [1.29, 1.82) is 0 Å². The van der Waals surface area contributed by atoms with E-state index >= 15 is 0 Å². The zero-order chi connectivity index (χ0) is 21.1. The average molecular weight is 405 g/mol. The fourth-order valence-electron chi connectivity index (χ4n) is 3.89. The summed E-state index contributed by atoms with van der Waals surface area (Å²) in [7, 11) is 0. The van der Waals surface area contributed by atoms with E-state index in [0.29, 0.717) is 18.3 Å². The number of aromatic nitrogens is 1. The number of carbonyl (C=O) groups is 1. The van der Waals surface area contributed by atoms with Gasteiger partial charge in [0, 0.05) is 22.7 Å². The van der Waals surface area contributed by atoms with Gasteiger partial charge in [-0.3, -0.25) is 5.32 Å². The topological polar surface area (TPSA) is 78.5 Å². The first-order valence-corrected chi connectivity index (χ1v) is 10.3. The molecule has 1 aromatic heterocycles. The fraction of sp³-hybridized carbons (Fsp3) is 0.292. The highest BCUT2D eigenvalue weighted by molar-refractivity contribution is 6.02. The number of hydrogen-bond donors (Lipinski definition) is 2. The van der Waals surface area contributed by atoms with Crippen LogP contribution < -0.4 is 15.8 Å². The van der Waals surface area contributed by atoms with E-state index in [1.54, 1.807) is 0 Å². The summed E-state index contributed by atoms with van der Waals surface area (Å²) in [5.41, 5.74) is 11.2. The van der Waals surface area contributed by atoms with Crippen LogP contribution in [0.3, 0.4) is 0 Å². The summed E-state index contributed by atoms with van der Waals surface area (Å²) in [4.78, 5) is 11.8. The molecule has 6 heteroatoms. The molecule has 6 nitrogen and oxygen atoms in total. The number of nitrogen functional groups attached to an aromatic ring is 1. The summed E-state index contributed by atoms with van der Waals surface area (Å²) in [6.45, 7) is 6.30. The molecule has 3 N–H and O–H groups in total. The van der Waals surface area contributed by atoms with Crippen molar-refractivity contribution < 1.29 is 14.3 Å². The van der Waals surface area contributed by atoms with Crippen LogP contribution >= 0.6 is 0 Å². The quantitative estimate of drug-likeness (QED) is 0.491. The Morgan fingerprint density at radius 1 is 1.27 bits per heavy atom. The first-order chi connectivity index (χ1) is 14.6. The predicted octanol–water partition coefficient (Wildman–Crippen LogP) is 5.75. The maximum absolute atomic E-state index is 11.8. The van der Waals surface area contributed by atoms with Gasteiger partial charge in [-0.2, -0.15) is 0 Å². The van der Waals surface area contributed by atoms with Gasteiger partial charge in [0.25, 0.3) is 0 Å². The Kier molecular flexibility index (Phi) is 5.65. The molecule has 1 fully saturated rings. The van der Waals surface area contributed by atoms with Gasteiger partial charge in [0.15, 0.2) is 0 Å². The molecular weight excluding hydrogens is 378 g/mol. The Balaban J connectivity index is 1.71. The monoisotopic (exact) mass is 405 g/mol. The molecule has 0 atom stereocenters. The smallest absolute Gasteiger partial charge is 0.411 e. The van der Waals surface area contributed by atoms with Crippen molar-refractivity contribution in [2.75, 3.05) is 24.3 Å². The molecule has 0 unspecified atom stereocenters. The largest absolute Gasteiger partial charge is 0.494 e. The minimum atomic E-state index is -0.505. The molecule has 1 amide bonds. The van der Waals surface area contributed by atoms with Gasteiger partial charge in [-0.15, -0.1) is 0 Å². The van der Waals surface area contributed by atoms with Crippen LogP contribution in [0.5, 0.6) is 5.75 Å². The summed E-state index contributed by atoms with van der Waals surface area (Å²) >= 11 is 0. The molecule has 0 bridgehead atoms. The van der Waals surface area contributed by atoms with E-state index in [4.69, 9.17) is 15.2 Å². The fourth-order valence-corrected chi connectivity index (χ4v) is 3.89. The van der Waals surface area contributed by atoms with Gasteiger partial charge < -0.3 is 19.8 Å². The normalized spacial score (nSPS) is 13.6. The van der Waals surface area contributed by atoms with E-state index in [9.17, 15) is 4.79 Å². The molecule has 1 aliphatic carbocycles. The Morgan fingerprint density at radius 3 is 2.67 bits per heavy atom. The predicted molar refractivity (Wildman–Crippen MR) is 121 cm³/mol. The number of carbonyl (C=O) groups excluding carboxylic acids is 1. The number of rotatable bonds is 7. The van der Waals surface area contributed by atoms with Crippen molar-refractivity contribution >= 4 is 28.4 Å². The van der Waals surface area contributed by atoms with Crippen LogP contribution in [0.1, 0.15) is 32.2 Å². The third-order valence-corrected chi connectivity index (χ3v) is 5.50. The highest BCUT2D eigenvalue weighted by Gasteiger charge is 2.27. The summed E-state index contributed by atoms with van der Waals surface area (Å²) < 4.78 is 13.0. The van der Waals surface area contributed by atoms with Gasteiger partial charge in [0.05, 0.1) is 23.5 Å². The lowest BCUT2D eigenvalue weighted by molar-refractivity contribution is 0.174. The van der Waals surface area contributed by atoms with Crippen LogP contribution in [-0.2, 0) is 4.74 Å². The third kappa shape index (κ3) is 3.73. The number of benzene rings is 2. The molecule has 3 aromatic rings. The number of nitrogens with one attached hydrogen (secondary N) is 1. The Morgan fingerprint density at radius 2 is 2.03 bits per heavy atom. The summed E-state index contributed by atoms with van der Waals surface area (Å²) in [5, 5.41) is 3.73. The van der Waals surface area contributed by atoms with E-state index < -0.39 is 6.09 Å². The van der Waals surface area contributed by atoms with Gasteiger partial charge in [0.1, 0.15) is 12.4 Å². The summed E-state index contributed by atoms with van der Waals surface area (Å²) in [6, 6.07) is 14.3. The lowest BCUT2D eigenvalue weighted by Gasteiger charge is -2.30. The Bertz CT molecular complexity index is 1070. The zero-order valence-electron chi connectivity index (χ0n) is 17.2. The number of hydrogen-bond acceptors (Lipinski definition) is 4. The number of fused-ring (bicyclic) bond motifs is 1. The number of ether oxygens (including phenoxy) is 2. The van der Waals surface area contributed by atoms with E-state index in [2.05, 4.69) is 22.5 Å². The van der Waals surface area contributed by atoms with Gasteiger partial charge in [0.2, 0.25) is 0 Å². The summed E-state index contributed by atoms with van der Waals surface area (Å²) in [5.74, 6) is 0.826. The zero-order valence-corrected chi connectivity index (χ0v) is 17.2. The second-order valence-corrected chi connectivity index (χ2v) is 7.42. The highest BCUT2D eigenvalue weighted by atomic mass is 16.5. The molecular formula is C24H27N3O3. The number of nitrogens with two attached hydrogens (primary N) is 1. The Hall–Kier alpha value is -3.41. The standard InChI is InChI=1S/C24H27N3O3/c1-3-14-30-24(28)26-17-10-8-16(9-11-17)23-22(25)20-15-19(29-4-2)12-13-21(20)27(23)18-6-5-7-18/h3,8-13,15,18H,1,4-7,14,25H2,2H3,(H,26,28). The van der Waals surface area contributed by atoms with Gasteiger partial charge in [-0.05, 0) is 56.5 Å². The van der Waals surface area contributed by atoms with E-state index in [0.717, 1.165) is 46.4 Å². The number of nitrogens with zero attached hydrogens (tertiary/aromatic N) is 1. The second kappa shape index (κ2) is 8.53. The van der Waals surface area contributed by atoms with Crippen LogP contribution in [-0.4, -0.2) is 23.9 Å². The highest BCUT2D eigenvalue weighted by Crippen LogP contribution is 2.44. The van der Waals surface area contributed by atoms with Crippen molar-refractivity contribution in [1.82, 2.24) is 4.57 Å². The maximum Gasteiger partial charge on any atom is 0.411 e. The molecule has 30 heavy (non-hydrogen) atoms. The molecule has 1 heterocycles. The van der Waals surface area contributed by atoms with Crippen molar-refractivity contribution in [3.8, 4) is 17.0 Å². The van der Waals surface area contributed by atoms with Crippen LogP contribution in [0.25, 0.3) is 22.2 Å². The molecule has 0 saturated heterocycles. The van der Waals surface area contributed by atoms with Gasteiger partial charge >= 0.3 is 6.09 Å². The molecule has 0 spiro atoms. The van der Waals surface area contributed by atoms with Crippen molar-refractivity contribution in [2.45, 2.75) is 32.2 Å². The number of anilines is 2. The van der Waals surface area contributed by atoms with Crippen LogP contribution in [0.15, 0.2) is 55.1 Å². The third-order valence-electron chi connectivity index (χ3n) is 5.50. The van der Waals surface area contributed by atoms with E-state index in [-0.39, 0.29) is 6.61 Å². The number of amides is 1. The minimum Gasteiger partial charge on any atom is -0.494 e. The van der Waals surface area contributed by atoms with Gasteiger partial charge in [-0.25, -0.2) is 4.79 Å². The van der Waals surface area contributed by atoms with Gasteiger partial charge in [-0.1, -0.05) is 24.8 Å². The Labute approximate surface area is 176 Å². The van der Waals surface area contributed by atoms with Crippen molar-refractivity contribution in [3.63, 3.8) is 0 Å². The second-order valence-electron chi connectivity index (χ2n) is 7.42. The molecule has 0 radical (unpaired) electrons. The van der Waals surface area contributed by atoms with Crippen molar-refractivity contribution in [2.24, 2.45) is 0 Å². The first-order valence-electron chi connectivity index (χ1n) is 10.3. The van der Waals surface area contributed by atoms with E-state index in [1.165, 1.54) is 12.5 Å². The molecule has 0 aliphatic heterocycles. The molecule has 156 valence electrons. The minimum absolute atomic E-state index is 0.172. The molecule has 4 rings (SSSR count). The van der Waals surface area contributed by atoms with Crippen LogP contribution in [0, 0.1) is 0 Å². The first kappa shape index (κ1) is 19.9. The van der Waals surface area contributed by atoms with Crippen molar-refractivity contribution in [3.05, 3.63) is 55.1 Å². The van der Waals surface area contributed by atoms with Crippen LogP contribution in [0.4, 0.5) is 16.2 Å². The lowest BCUT2D eigenvalue weighted by Crippen LogP contribution is -2.18. The SMILES string of the molecule is C=CCOC(=O)Nc1ccc(-c2c(N)c3cc(OCC)ccc3n2C2CCC2)cc1. The maximum atomic E-state index is 11.8. The molecule has 2 aromatic carbocycles. The average Bonchev–Trinajstić information content (AvgIpc) is 2.98.